The van der Waals surface area contributed by atoms with E-state index in [1.54, 1.807) is 9.80 Å². The minimum absolute atomic E-state index is 0.0425. The largest absolute Gasteiger partial charge is 0.434 e. The number of aliphatic hydroxyl groups excluding tert-OH is 1. The Balaban J connectivity index is 1.66. The Kier molecular flexibility index (Phi) is 7.70. The Morgan fingerprint density at radius 3 is 2.06 bits per heavy atom. The molecule has 0 aromatic heterocycles. The third-order valence-electron chi connectivity index (χ3n) is 5.75. The summed E-state index contributed by atoms with van der Waals surface area (Å²) in [5.74, 6) is 0. The van der Waals surface area contributed by atoms with Gasteiger partial charge in [0.2, 0.25) is 0 Å². The lowest BCUT2D eigenvalue weighted by Crippen LogP contribution is -2.52. The van der Waals surface area contributed by atoms with Crippen molar-refractivity contribution in [1.29, 1.82) is 0 Å². The molecule has 0 saturated carbocycles. The second-order valence-electron chi connectivity index (χ2n) is 8.34. The third-order valence-corrected chi connectivity index (χ3v) is 5.75. The molecule has 1 amide bonds. The van der Waals surface area contributed by atoms with E-state index < -0.39 is 42.4 Å². The molecule has 3 rings (SSSR count). The van der Waals surface area contributed by atoms with Gasteiger partial charge in [0.25, 0.3) is 6.10 Å². The second kappa shape index (κ2) is 9.91. The minimum atomic E-state index is -5.82. The van der Waals surface area contributed by atoms with Gasteiger partial charge in [-0.15, -0.1) is 0 Å². The van der Waals surface area contributed by atoms with Crippen LogP contribution in [0.25, 0.3) is 0 Å². The predicted molar refractivity (Wildman–Crippen MR) is 104 cm³/mol. The first kappa shape index (κ1) is 27.2. The van der Waals surface area contributed by atoms with Gasteiger partial charge in [-0.05, 0) is 24.1 Å². The van der Waals surface area contributed by atoms with Crippen molar-refractivity contribution in [3.05, 3.63) is 29.3 Å². The minimum Gasteiger partial charge on any atom is -0.426 e. The molecule has 0 aliphatic carbocycles. The average molecular weight is 523 g/mol. The van der Waals surface area contributed by atoms with Crippen LogP contribution in [0.4, 0.5) is 50.0 Å². The Hall–Kier alpha value is -2.42. The summed E-state index contributed by atoms with van der Waals surface area (Å²) in [5, 5.41) is 9.78. The summed E-state index contributed by atoms with van der Waals surface area (Å²) in [6.45, 7) is 0.222. The Morgan fingerprint density at radius 2 is 1.57 bits per heavy atom. The smallest absolute Gasteiger partial charge is 0.426 e. The van der Waals surface area contributed by atoms with E-state index in [9.17, 15) is 49.4 Å². The zero-order valence-corrected chi connectivity index (χ0v) is 18.1. The van der Waals surface area contributed by atoms with Crippen molar-refractivity contribution < 1.29 is 54.2 Å². The van der Waals surface area contributed by atoms with Crippen molar-refractivity contribution in [2.45, 2.75) is 43.7 Å². The number of hydrogen-bond donors (Lipinski definition) is 1. The molecule has 15 heteroatoms. The number of halogens is 9. The lowest BCUT2D eigenvalue weighted by atomic mass is 10.1. The number of alkyl halides is 9. The number of amides is 1. The molecule has 35 heavy (non-hydrogen) atoms. The molecule has 0 bridgehead atoms. The molecule has 2 aliphatic heterocycles. The summed E-state index contributed by atoms with van der Waals surface area (Å²) >= 11 is 0. The standard InChI is InChI=1S/C20H22F9N3O3/c21-18(22,23)13-2-1-12(15(9-13)32-4-3-14(33)11-32)10-30-5-7-31(8-6-30)17(34)35-16(19(24,25)26)20(27,28)29/h1-2,9,14,16,33H,3-8,10-11H2/t14-/m0/s1. The van der Waals surface area contributed by atoms with Crippen molar-refractivity contribution >= 4 is 11.8 Å². The van der Waals surface area contributed by atoms with E-state index >= 15 is 0 Å². The van der Waals surface area contributed by atoms with Gasteiger partial charge in [0.05, 0.1) is 11.7 Å². The van der Waals surface area contributed by atoms with Gasteiger partial charge in [-0.25, -0.2) is 4.79 Å². The third kappa shape index (κ3) is 6.84. The van der Waals surface area contributed by atoms with E-state index in [1.165, 1.54) is 6.07 Å². The lowest BCUT2D eigenvalue weighted by Gasteiger charge is -2.36. The molecule has 0 unspecified atom stereocenters. The van der Waals surface area contributed by atoms with Crippen molar-refractivity contribution in [2.75, 3.05) is 44.2 Å². The van der Waals surface area contributed by atoms with Crippen molar-refractivity contribution in [3.8, 4) is 0 Å². The average Bonchev–Trinajstić information content (AvgIpc) is 3.16. The van der Waals surface area contributed by atoms with Crippen LogP contribution in [0.2, 0.25) is 0 Å². The highest BCUT2D eigenvalue weighted by Gasteiger charge is 2.60. The quantitative estimate of drug-likeness (QED) is 0.605. The number of carbonyl (C=O) groups excluding carboxylic acids is 1. The number of hydrogen-bond acceptors (Lipinski definition) is 5. The molecule has 2 heterocycles. The highest BCUT2D eigenvalue weighted by atomic mass is 19.4. The fourth-order valence-corrected chi connectivity index (χ4v) is 3.95. The summed E-state index contributed by atoms with van der Waals surface area (Å²) < 4.78 is 119. The van der Waals surface area contributed by atoms with Crippen LogP contribution in [0.3, 0.4) is 0 Å². The number of β-amino-alcohol motifs (C(OH)–C–C–N with tert-alkyl or cyclic N) is 1. The maximum absolute atomic E-state index is 13.2. The SMILES string of the molecule is O=C(OC(C(F)(F)F)C(F)(F)F)N1CCN(Cc2ccc(C(F)(F)F)cc2N2CC[C@H](O)C2)CC1. The van der Waals surface area contributed by atoms with Crippen molar-refractivity contribution in [3.63, 3.8) is 0 Å². The van der Waals surface area contributed by atoms with Crippen LogP contribution in [0.5, 0.6) is 0 Å². The molecule has 6 nitrogen and oxygen atoms in total. The number of carbonyl (C=O) groups is 1. The van der Waals surface area contributed by atoms with Crippen LogP contribution in [-0.2, 0) is 17.5 Å². The van der Waals surface area contributed by atoms with Gasteiger partial charge in [-0.3, -0.25) is 4.90 Å². The fraction of sp³-hybridized carbons (Fsp3) is 0.650. The maximum atomic E-state index is 13.2. The van der Waals surface area contributed by atoms with Crippen LogP contribution in [-0.4, -0.2) is 84.8 Å². The molecule has 198 valence electrons. The summed E-state index contributed by atoms with van der Waals surface area (Å²) in [4.78, 5) is 15.9. The lowest BCUT2D eigenvalue weighted by molar-refractivity contribution is -0.308. The molecule has 1 atom stereocenters. The molecule has 2 fully saturated rings. The monoisotopic (exact) mass is 523 g/mol. The summed E-state index contributed by atoms with van der Waals surface area (Å²) in [6, 6.07) is 3.18. The van der Waals surface area contributed by atoms with E-state index in [2.05, 4.69) is 4.74 Å². The van der Waals surface area contributed by atoms with Crippen LogP contribution in [0.1, 0.15) is 17.5 Å². The van der Waals surface area contributed by atoms with Gasteiger partial charge in [0.1, 0.15) is 0 Å². The summed E-state index contributed by atoms with van der Waals surface area (Å²) in [5.41, 5.74) is -0.0946. The second-order valence-corrected chi connectivity index (χ2v) is 8.34. The van der Waals surface area contributed by atoms with E-state index in [0.717, 1.165) is 12.1 Å². The number of aliphatic hydroxyl groups is 1. The van der Waals surface area contributed by atoms with E-state index in [-0.39, 0.29) is 45.0 Å². The van der Waals surface area contributed by atoms with E-state index in [1.807, 2.05) is 0 Å². The Bertz CT molecular complexity index is 883. The number of ether oxygens (including phenoxy) is 1. The molecular weight excluding hydrogens is 501 g/mol. The normalized spacial score (nSPS) is 20.6. The molecule has 1 aromatic carbocycles. The molecule has 2 aliphatic rings. The van der Waals surface area contributed by atoms with Gasteiger partial charge in [-0.1, -0.05) is 6.07 Å². The topological polar surface area (TPSA) is 56.2 Å². The van der Waals surface area contributed by atoms with Gasteiger partial charge >= 0.3 is 24.6 Å². The number of benzene rings is 1. The van der Waals surface area contributed by atoms with Crippen molar-refractivity contribution in [2.24, 2.45) is 0 Å². The molecule has 1 N–H and O–H groups in total. The molecule has 0 spiro atoms. The summed E-state index contributed by atoms with van der Waals surface area (Å²) in [7, 11) is 0. The number of rotatable bonds is 4. The molecule has 0 radical (unpaired) electrons. The zero-order valence-electron chi connectivity index (χ0n) is 18.1. The zero-order chi connectivity index (χ0) is 26.2. The number of anilines is 1. The molecular formula is C20H22F9N3O3. The van der Waals surface area contributed by atoms with Crippen LogP contribution < -0.4 is 4.90 Å². The predicted octanol–water partition coefficient (Wildman–Crippen LogP) is 4.02. The fourth-order valence-electron chi connectivity index (χ4n) is 3.95. The van der Waals surface area contributed by atoms with Gasteiger partial charge in [0, 0.05) is 51.5 Å². The van der Waals surface area contributed by atoms with Crippen molar-refractivity contribution in [1.82, 2.24) is 9.80 Å². The van der Waals surface area contributed by atoms with Gasteiger partial charge in [-0.2, -0.15) is 39.5 Å². The maximum Gasteiger partial charge on any atom is 0.434 e. The van der Waals surface area contributed by atoms with Crippen LogP contribution in [0.15, 0.2) is 18.2 Å². The van der Waals surface area contributed by atoms with Crippen LogP contribution >= 0.6 is 0 Å². The van der Waals surface area contributed by atoms with E-state index in [4.69, 9.17) is 0 Å². The Labute approximate surface area is 193 Å². The van der Waals surface area contributed by atoms with Gasteiger partial charge < -0.3 is 19.6 Å². The molecule has 1 aromatic rings. The first-order valence-electron chi connectivity index (χ1n) is 10.5. The summed E-state index contributed by atoms with van der Waals surface area (Å²) in [6.07, 6.45) is -22.5. The Morgan fingerprint density at radius 1 is 0.971 bits per heavy atom. The highest BCUT2D eigenvalue weighted by Crippen LogP contribution is 2.37. The highest BCUT2D eigenvalue weighted by molar-refractivity contribution is 5.68. The molecule has 2 saturated heterocycles. The van der Waals surface area contributed by atoms with Gasteiger partial charge in [0.15, 0.2) is 0 Å². The number of nitrogens with zero attached hydrogens (tertiary/aromatic N) is 3. The first-order valence-corrected chi connectivity index (χ1v) is 10.5. The first-order chi connectivity index (χ1) is 16.1. The number of piperazine rings is 1. The van der Waals surface area contributed by atoms with Crippen LogP contribution in [0, 0.1) is 0 Å². The van der Waals surface area contributed by atoms with E-state index in [0.29, 0.717) is 23.4 Å².